The largest absolute Gasteiger partial charge is 0.395 e. The SMILES string of the molecule is O=C1C=C(Nc2cc(F)c(F)c(F)c2Br)C(=O)N1CCO. The number of hydrogen-bond acceptors (Lipinski definition) is 4. The topological polar surface area (TPSA) is 69.6 Å². The minimum Gasteiger partial charge on any atom is -0.395 e. The fourth-order valence-corrected chi connectivity index (χ4v) is 2.11. The standard InChI is InChI=1S/C12H8BrF3N2O3/c13-9-6(3-5(14)10(15)11(9)16)17-7-4-8(20)18(1-2-19)12(7)21/h3-4,17,19H,1-2H2. The van der Waals surface area contributed by atoms with E-state index in [1.54, 1.807) is 0 Å². The first-order chi connectivity index (χ1) is 9.86. The Kier molecular flexibility index (Phi) is 4.33. The van der Waals surface area contributed by atoms with Gasteiger partial charge in [0.2, 0.25) is 0 Å². The van der Waals surface area contributed by atoms with Gasteiger partial charge in [0.1, 0.15) is 5.70 Å². The minimum absolute atomic E-state index is 0.202. The first-order valence-corrected chi connectivity index (χ1v) is 6.44. The monoisotopic (exact) mass is 364 g/mol. The number of nitrogens with zero attached hydrogens (tertiary/aromatic N) is 1. The quantitative estimate of drug-likeness (QED) is 0.482. The molecular weight excluding hydrogens is 357 g/mol. The predicted molar refractivity (Wildman–Crippen MR) is 69.5 cm³/mol. The van der Waals surface area contributed by atoms with Crippen molar-refractivity contribution in [2.45, 2.75) is 0 Å². The number of β-amino-alcohol motifs (C(OH)–C–C–N with tert-alkyl or cyclic N) is 1. The summed E-state index contributed by atoms with van der Waals surface area (Å²) in [7, 11) is 0. The van der Waals surface area contributed by atoms with Crippen LogP contribution < -0.4 is 5.32 Å². The zero-order valence-electron chi connectivity index (χ0n) is 10.3. The highest BCUT2D eigenvalue weighted by Gasteiger charge is 2.31. The van der Waals surface area contributed by atoms with Gasteiger partial charge < -0.3 is 10.4 Å². The molecule has 2 rings (SSSR count). The second-order valence-electron chi connectivity index (χ2n) is 4.05. The summed E-state index contributed by atoms with van der Waals surface area (Å²) in [5.41, 5.74) is -0.482. The molecule has 0 saturated carbocycles. The summed E-state index contributed by atoms with van der Waals surface area (Å²) >= 11 is 2.73. The molecule has 2 N–H and O–H groups in total. The van der Waals surface area contributed by atoms with Gasteiger partial charge in [-0.3, -0.25) is 14.5 Å². The van der Waals surface area contributed by atoms with Gasteiger partial charge in [0, 0.05) is 12.1 Å². The third-order valence-electron chi connectivity index (χ3n) is 2.70. The van der Waals surface area contributed by atoms with Gasteiger partial charge in [-0.25, -0.2) is 13.2 Å². The van der Waals surface area contributed by atoms with E-state index in [0.29, 0.717) is 6.07 Å². The number of halogens is 4. The molecule has 0 fully saturated rings. The molecule has 1 aliphatic rings. The van der Waals surface area contributed by atoms with E-state index in [0.717, 1.165) is 11.0 Å². The summed E-state index contributed by atoms with van der Waals surface area (Å²) in [5.74, 6) is -5.98. The van der Waals surface area contributed by atoms with Crippen molar-refractivity contribution < 1.29 is 27.9 Å². The number of hydrogen-bond donors (Lipinski definition) is 2. The highest BCUT2D eigenvalue weighted by Crippen LogP contribution is 2.31. The van der Waals surface area contributed by atoms with E-state index in [4.69, 9.17) is 5.11 Å². The molecule has 0 spiro atoms. The van der Waals surface area contributed by atoms with Gasteiger partial charge in [-0.15, -0.1) is 0 Å². The Hall–Kier alpha value is -1.87. The number of amides is 2. The average molecular weight is 365 g/mol. The molecule has 112 valence electrons. The van der Waals surface area contributed by atoms with E-state index >= 15 is 0 Å². The van der Waals surface area contributed by atoms with Gasteiger partial charge >= 0.3 is 0 Å². The van der Waals surface area contributed by atoms with E-state index in [2.05, 4.69) is 21.2 Å². The van der Waals surface area contributed by atoms with E-state index in [1.165, 1.54) is 0 Å². The van der Waals surface area contributed by atoms with Crippen LogP contribution in [0.2, 0.25) is 0 Å². The second kappa shape index (κ2) is 5.86. The van der Waals surface area contributed by atoms with Gasteiger partial charge in [-0.1, -0.05) is 0 Å². The van der Waals surface area contributed by atoms with Crippen molar-refractivity contribution >= 4 is 33.4 Å². The summed E-state index contributed by atoms with van der Waals surface area (Å²) in [6, 6.07) is 0.649. The summed E-state index contributed by atoms with van der Waals surface area (Å²) in [6.07, 6.45) is 0.920. The Balaban J connectivity index is 2.30. The highest BCUT2D eigenvalue weighted by molar-refractivity contribution is 9.10. The van der Waals surface area contributed by atoms with Crippen LogP contribution in [0.4, 0.5) is 18.9 Å². The molecule has 1 aliphatic heterocycles. The van der Waals surface area contributed by atoms with Crippen LogP contribution in [0, 0.1) is 17.5 Å². The van der Waals surface area contributed by atoms with Crippen LogP contribution in [0.15, 0.2) is 22.3 Å². The normalized spacial score (nSPS) is 14.7. The van der Waals surface area contributed by atoms with Crippen molar-refractivity contribution in [2.24, 2.45) is 0 Å². The van der Waals surface area contributed by atoms with E-state index in [9.17, 15) is 22.8 Å². The lowest BCUT2D eigenvalue weighted by molar-refractivity contribution is -0.137. The molecule has 0 radical (unpaired) electrons. The number of benzene rings is 1. The van der Waals surface area contributed by atoms with Gasteiger partial charge in [0.15, 0.2) is 17.5 Å². The Labute approximate surface area is 125 Å². The molecule has 2 amide bonds. The third kappa shape index (κ3) is 2.79. The van der Waals surface area contributed by atoms with E-state index in [-0.39, 0.29) is 17.9 Å². The number of aliphatic hydroxyl groups is 1. The number of carbonyl (C=O) groups is 2. The van der Waals surface area contributed by atoms with Crippen LogP contribution in [0.5, 0.6) is 0 Å². The molecule has 5 nitrogen and oxygen atoms in total. The van der Waals surface area contributed by atoms with Crippen LogP contribution in [-0.2, 0) is 9.59 Å². The molecular formula is C12H8BrF3N2O3. The smallest absolute Gasteiger partial charge is 0.277 e. The van der Waals surface area contributed by atoms with E-state index in [1.807, 2.05) is 0 Å². The molecule has 0 aromatic heterocycles. The molecule has 0 atom stereocenters. The average Bonchev–Trinajstić information content (AvgIpc) is 2.70. The van der Waals surface area contributed by atoms with Crippen molar-refractivity contribution in [1.29, 1.82) is 0 Å². The minimum atomic E-state index is -1.66. The van der Waals surface area contributed by atoms with Crippen LogP contribution >= 0.6 is 15.9 Å². The van der Waals surface area contributed by atoms with Crippen LogP contribution in [0.25, 0.3) is 0 Å². The maximum Gasteiger partial charge on any atom is 0.277 e. The number of rotatable bonds is 4. The predicted octanol–water partition coefficient (Wildman–Crippen LogP) is 1.52. The van der Waals surface area contributed by atoms with Crippen LogP contribution in [-0.4, -0.2) is 35.0 Å². The van der Waals surface area contributed by atoms with Crippen molar-refractivity contribution in [3.8, 4) is 0 Å². The first kappa shape index (κ1) is 15.5. The van der Waals surface area contributed by atoms with Gasteiger partial charge in [-0.05, 0) is 15.9 Å². The van der Waals surface area contributed by atoms with Crippen molar-refractivity contribution in [3.63, 3.8) is 0 Å². The molecule has 0 bridgehead atoms. The molecule has 0 aliphatic carbocycles. The highest BCUT2D eigenvalue weighted by atomic mass is 79.9. The molecule has 1 aromatic rings. The number of carbonyl (C=O) groups excluding carboxylic acids is 2. The Morgan fingerprint density at radius 2 is 1.90 bits per heavy atom. The fraction of sp³-hybridized carbons (Fsp3) is 0.167. The Morgan fingerprint density at radius 1 is 1.24 bits per heavy atom. The number of aliphatic hydroxyl groups excluding tert-OH is 1. The van der Waals surface area contributed by atoms with Gasteiger partial charge in [0.05, 0.1) is 23.3 Å². The molecule has 1 aromatic carbocycles. The molecule has 1 heterocycles. The molecule has 0 unspecified atom stereocenters. The molecule has 0 saturated heterocycles. The van der Waals surface area contributed by atoms with Crippen molar-refractivity contribution in [1.82, 2.24) is 4.90 Å². The number of imide groups is 1. The van der Waals surface area contributed by atoms with Crippen LogP contribution in [0.3, 0.4) is 0 Å². The maximum absolute atomic E-state index is 13.4. The number of anilines is 1. The lowest BCUT2D eigenvalue weighted by atomic mass is 10.2. The maximum atomic E-state index is 13.4. The van der Waals surface area contributed by atoms with Crippen LogP contribution in [0.1, 0.15) is 0 Å². The molecule has 9 heteroatoms. The Bertz CT molecular complexity index is 664. The summed E-state index contributed by atoms with van der Waals surface area (Å²) in [6.45, 7) is -0.616. The number of nitrogens with one attached hydrogen (secondary N) is 1. The van der Waals surface area contributed by atoms with E-state index < -0.39 is 40.3 Å². The van der Waals surface area contributed by atoms with Crippen molar-refractivity contribution in [2.75, 3.05) is 18.5 Å². The van der Waals surface area contributed by atoms with Gasteiger partial charge in [-0.2, -0.15) is 0 Å². The second-order valence-corrected chi connectivity index (χ2v) is 4.84. The molecule has 21 heavy (non-hydrogen) atoms. The lowest BCUT2D eigenvalue weighted by Crippen LogP contribution is -2.34. The lowest BCUT2D eigenvalue weighted by Gasteiger charge is -2.14. The summed E-state index contributed by atoms with van der Waals surface area (Å²) < 4.78 is 39.1. The third-order valence-corrected chi connectivity index (χ3v) is 3.48. The first-order valence-electron chi connectivity index (χ1n) is 5.65. The summed E-state index contributed by atoms with van der Waals surface area (Å²) in [5, 5.41) is 11.1. The van der Waals surface area contributed by atoms with Crippen molar-refractivity contribution in [3.05, 3.63) is 39.8 Å². The Morgan fingerprint density at radius 3 is 2.52 bits per heavy atom. The summed E-state index contributed by atoms with van der Waals surface area (Å²) in [4.78, 5) is 24.1. The fourth-order valence-electron chi connectivity index (χ4n) is 1.72. The van der Waals surface area contributed by atoms with Gasteiger partial charge in [0.25, 0.3) is 11.8 Å². The zero-order valence-corrected chi connectivity index (χ0v) is 11.9. The zero-order chi connectivity index (χ0) is 15.7.